The predicted molar refractivity (Wildman–Crippen MR) is 135 cm³/mol. The Hall–Kier alpha value is -3.55. The number of para-hydroxylation sites is 2. The van der Waals surface area contributed by atoms with E-state index in [2.05, 4.69) is 24.7 Å². The van der Waals surface area contributed by atoms with E-state index in [9.17, 15) is 8.42 Å². The van der Waals surface area contributed by atoms with Crippen molar-refractivity contribution in [2.75, 3.05) is 18.9 Å². The smallest absolute Gasteiger partial charge is 1.00 e. The van der Waals surface area contributed by atoms with Crippen LogP contribution in [-0.2, 0) is 10.0 Å². The van der Waals surface area contributed by atoms with Crippen LogP contribution in [0.5, 0.6) is 23.1 Å². The van der Waals surface area contributed by atoms with Crippen molar-refractivity contribution < 1.29 is 59.1 Å². The SMILES string of the molecule is COc1ccccc1Oc1c(NS(=O)(=O)C=Cc2ccccc2)nc(-c2ncccn2)nc1OC.O.[H-].[Na+]. The first-order chi connectivity index (χ1) is 17.0. The number of hydrogen-bond donors (Lipinski definition) is 1. The Morgan fingerprint density at radius 3 is 2.14 bits per heavy atom. The molecule has 0 aliphatic heterocycles. The molecule has 0 atom stereocenters. The molecule has 37 heavy (non-hydrogen) atoms. The molecule has 0 aliphatic carbocycles. The van der Waals surface area contributed by atoms with Crippen molar-refractivity contribution in [2.24, 2.45) is 0 Å². The van der Waals surface area contributed by atoms with Gasteiger partial charge in [0, 0.05) is 12.4 Å². The largest absolute Gasteiger partial charge is 1.00 e. The van der Waals surface area contributed by atoms with Crippen LogP contribution in [0.1, 0.15) is 6.99 Å². The minimum absolute atomic E-state index is 0. The third kappa shape index (κ3) is 7.71. The zero-order valence-electron chi connectivity index (χ0n) is 21.3. The summed E-state index contributed by atoms with van der Waals surface area (Å²) in [6.45, 7) is 0. The molecule has 2 aromatic carbocycles. The molecule has 0 bridgehead atoms. The van der Waals surface area contributed by atoms with E-state index in [1.54, 1.807) is 54.6 Å². The second-order valence-electron chi connectivity index (χ2n) is 6.92. The molecule has 0 fully saturated rings. The van der Waals surface area contributed by atoms with Gasteiger partial charge in [-0.05, 0) is 29.8 Å². The summed E-state index contributed by atoms with van der Waals surface area (Å²) in [5.41, 5.74) is 0.710. The van der Waals surface area contributed by atoms with Crippen molar-refractivity contribution in [1.29, 1.82) is 0 Å². The quantitative estimate of drug-likeness (QED) is 0.302. The van der Waals surface area contributed by atoms with E-state index in [0.29, 0.717) is 17.1 Å². The first-order valence-electron chi connectivity index (χ1n) is 10.3. The molecule has 188 valence electrons. The van der Waals surface area contributed by atoms with Crippen LogP contribution in [0.15, 0.2) is 78.5 Å². The van der Waals surface area contributed by atoms with E-state index in [1.807, 2.05) is 6.07 Å². The van der Waals surface area contributed by atoms with Crippen molar-refractivity contribution in [1.82, 2.24) is 19.9 Å². The summed E-state index contributed by atoms with van der Waals surface area (Å²) < 4.78 is 45.0. The van der Waals surface area contributed by atoms with E-state index in [1.165, 1.54) is 32.7 Å². The van der Waals surface area contributed by atoms with Gasteiger partial charge in [-0.1, -0.05) is 42.5 Å². The molecule has 3 N–H and O–H groups in total. The van der Waals surface area contributed by atoms with Gasteiger partial charge in [0.2, 0.25) is 11.6 Å². The maximum atomic E-state index is 12.9. The van der Waals surface area contributed by atoms with Gasteiger partial charge in [-0.25, -0.2) is 23.4 Å². The van der Waals surface area contributed by atoms with E-state index >= 15 is 0 Å². The monoisotopic (exact) mass is 533 g/mol. The van der Waals surface area contributed by atoms with Gasteiger partial charge in [-0.2, -0.15) is 4.98 Å². The van der Waals surface area contributed by atoms with Crippen LogP contribution in [0.4, 0.5) is 5.82 Å². The molecule has 0 saturated heterocycles. The first-order valence-corrected chi connectivity index (χ1v) is 11.8. The van der Waals surface area contributed by atoms with Crippen LogP contribution >= 0.6 is 0 Å². The van der Waals surface area contributed by atoms with Crippen molar-refractivity contribution >= 4 is 21.9 Å². The number of methoxy groups -OCH3 is 2. The average molecular weight is 534 g/mol. The van der Waals surface area contributed by atoms with E-state index in [-0.39, 0.29) is 65.6 Å². The fourth-order valence-corrected chi connectivity index (χ4v) is 3.77. The second-order valence-corrected chi connectivity index (χ2v) is 8.49. The zero-order valence-corrected chi connectivity index (χ0v) is 23.1. The molecule has 13 heteroatoms. The van der Waals surface area contributed by atoms with Crippen LogP contribution in [-0.4, -0.2) is 48.0 Å². The number of rotatable bonds is 9. The topological polar surface area (TPSA) is 157 Å². The third-order valence-corrected chi connectivity index (χ3v) is 5.53. The molecule has 0 aliphatic rings. The Balaban J connectivity index is 0.00000241. The number of nitrogens with zero attached hydrogens (tertiary/aromatic N) is 4. The summed E-state index contributed by atoms with van der Waals surface area (Å²) in [7, 11) is -1.15. The average Bonchev–Trinajstić information content (AvgIpc) is 2.89. The molecule has 4 aromatic rings. The third-order valence-electron chi connectivity index (χ3n) is 4.55. The van der Waals surface area contributed by atoms with Gasteiger partial charge in [-0.3, -0.25) is 4.72 Å². The summed E-state index contributed by atoms with van der Waals surface area (Å²) in [6, 6.07) is 17.5. The van der Waals surface area contributed by atoms with Crippen molar-refractivity contribution in [3.8, 4) is 34.8 Å². The van der Waals surface area contributed by atoms with Gasteiger partial charge in [0.25, 0.3) is 15.9 Å². The summed E-state index contributed by atoms with van der Waals surface area (Å²) in [6.07, 6.45) is 4.50. The maximum absolute atomic E-state index is 12.9. The van der Waals surface area contributed by atoms with Crippen molar-refractivity contribution in [2.45, 2.75) is 0 Å². The number of anilines is 1. The molecule has 0 saturated carbocycles. The van der Waals surface area contributed by atoms with Gasteiger partial charge >= 0.3 is 29.6 Å². The molecule has 0 radical (unpaired) electrons. The summed E-state index contributed by atoms with van der Waals surface area (Å²) in [4.78, 5) is 16.9. The fraction of sp³-hybridized carbons (Fsp3) is 0.0833. The molecule has 11 nitrogen and oxygen atoms in total. The fourth-order valence-electron chi connectivity index (χ4n) is 2.96. The molecular formula is C24H24N5NaO6S. The summed E-state index contributed by atoms with van der Waals surface area (Å²) in [5, 5.41) is 1.03. The Labute approximate surface area is 237 Å². The Bertz CT molecular complexity index is 1450. The predicted octanol–water partition coefficient (Wildman–Crippen LogP) is 0.447. The van der Waals surface area contributed by atoms with Crippen molar-refractivity contribution in [3.63, 3.8) is 0 Å². The first kappa shape index (κ1) is 29.7. The van der Waals surface area contributed by atoms with E-state index < -0.39 is 10.0 Å². The van der Waals surface area contributed by atoms with Crippen LogP contribution in [0.3, 0.4) is 0 Å². The van der Waals surface area contributed by atoms with Gasteiger partial charge in [0.1, 0.15) is 0 Å². The number of hydrogen-bond acceptors (Lipinski definition) is 9. The minimum Gasteiger partial charge on any atom is -1.00 e. The molecule has 2 heterocycles. The number of aromatic nitrogens is 4. The summed E-state index contributed by atoms with van der Waals surface area (Å²) >= 11 is 0. The standard InChI is InChI=1S/C24H21N5O5S.Na.H2O.H/c1-32-18-11-6-7-12-19(18)34-20-21(29-35(30,31)16-13-17-9-4-3-5-10-17)27-23(28-24(20)33-2)22-25-14-8-15-26-22;;;/h3-16H,1-2H3,(H,27,28,29);;1H2;/q;+1;;-1. The Kier molecular flexibility index (Phi) is 11.0. The zero-order chi connectivity index (χ0) is 24.7. The maximum Gasteiger partial charge on any atom is 1.00 e. The number of ether oxygens (including phenoxy) is 3. The normalized spacial score (nSPS) is 10.6. The van der Waals surface area contributed by atoms with Gasteiger partial charge in [0.05, 0.1) is 19.6 Å². The molecule has 4 rings (SSSR count). The number of nitrogens with one attached hydrogen (secondary N) is 1. The second kappa shape index (κ2) is 13.7. The number of benzene rings is 2. The van der Waals surface area contributed by atoms with Gasteiger partial charge < -0.3 is 21.1 Å². The minimum atomic E-state index is -4.02. The molecule has 2 aromatic heterocycles. The van der Waals surface area contributed by atoms with E-state index in [0.717, 1.165) is 5.41 Å². The van der Waals surface area contributed by atoms with Crippen LogP contribution in [0.2, 0.25) is 0 Å². The Morgan fingerprint density at radius 1 is 0.838 bits per heavy atom. The number of sulfonamides is 1. The Morgan fingerprint density at radius 2 is 1.49 bits per heavy atom. The summed E-state index contributed by atoms with van der Waals surface area (Å²) in [5.74, 6) is 0.688. The van der Waals surface area contributed by atoms with Crippen molar-refractivity contribution in [3.05, 3.63) is 84.0 Å². The molecular weight excluding hydrogens is 509 g/mol. The van der Waals surface area contributed by atoms with E-state index in [4.69, 9.17) is 14.2 Å². The van der Waals surface area contributed by atoms with Gasteiger partial charge in [0.15, 0.2) is 23.1 Å². The molecule has 0 amide bonds. The van der Waals surface area contributed by atoms with Gasteiger partial charge in [-0.15, -0.1) is 0 Å². The van der Waals surface area contributed by atoms with Crippen LogP contribution in [0, 0.1) is 0 Å². The molecule has 0 spiro atoms. The molecule has 0 unspecified atom stereocenters. The van der Waals surface area contributed by atoms with Crippen LogP contribution in [0.25, 0.3) is 17.7 Å². The van der Waals surface area contributed by atoms with Crippen LogP contribution < -0.4 is 48.5 Å².